The van der Waals surface area contributed by atoms with E-state index in [1.165, 1.54) is 5.56 Å². The summed E-state index contributed by atoms with van der Waals surface area (Å²) < 4.78 is 1.67. The Kier molecular flexibility index (Phi) is 5.12. The number of pyridine rings is 1. The normalized spacial score (nSPS) is 11.3. The van der Waals surface area contributed by atoms with Crippen LogP contribution in [0.3, 0.4) is 0 Å². The Labute approximate surface area is 170 Å². The standard InChI is InChI=1S/C24H24N4O/c1-16(2)20-6-3-5-18(13-20)15-21(29)14-17-8-10-19(11-9-17)22-7-4-12-28-23(22)24(25)26-27-28/h3-13,16H,14-15,25H2,1-2H3. The molecule has 0 radical (unpaired) electrons. The van der Waals surface area contributed by atoms with Gasteiger partial charge in [-0.2, -0.15) is 0 Å². The number of aromatic nitrogens is 3. The van der Waals surface area contributed by atoms with Crippen molar-refractivity contribution in [1.29, 1.82) is 0 Å². The zero-order chi connectivity index (χ0) is 20.4. The van der Waals surface area contributed by atoms with Gasteiger partial charge in [0.15, 0.2) is 5.82 Å². The summed E-state index contributed by atoms with van der Waals surface area (Å²) in [4.78, 5) is 12.6. The first-order chi connectivity index (χ1) is 14.0. The first-order valence-corrected chi connectivity index (χ1v) is 9.80. The van der Waals surface area contributed by atoms with Gasteiger partial charge < -0.3 is 5.73 Å². The third kappa shape index (κ3) is 4.04. The summed E-state index contributed by atoms with van der Waals surface area (Å²) in [5.41, 5.74) is 12.1. The van der Waals surface area contributed by atoms with E-state index in [1.807, 2.05) is 54.7 Å². The van der Waals surface area contributed by atoms with Crippen LogP contribution < -0.4 is 5.73 Å². The molecule has 0 aliphatic carbocycles. The second kappa shape index (κ2) is 7.87. The van der Waals surface area contributed by atoms with Crippen LogP contribution >= 0.6 is 0 Å². The van der Waals surface area contributed by atoms with E-state index in [0.717, 1.165) is 27.8 Å². The zero-order valence-electron chi connectivity index (χ0n) is 16.7. The van der Waals surface area contributed by atoms with Gasteiger partial charge in [0, 0.05) is 24.6 Å². The van der Waals surface area contributed by atoms with Gasteiger partial charge >= 0.3 is 0 Å². The van der Waals surface area contributed by atoms with Crippen LogP contribution in [0, 0.1) is 0 Å². The van der Waals surface area contributed by atoms with Crippen molar-refractivity contribution in [2.24, 2.45) is 0 Å². The fraction of sp³-hybridized carbons (Fsp3) is 0.208. The summed E-state index contributed by atoms with van der Waals surface area (Å²) in [5.74, 6) is 1.08. The van der Waals surface area contributed by atoms with Crippen molar-refractivity contribution in [2.75, 3.05) is 5.73 Å². The highest BCUT2D eigenvalue weighted by Crippen LogP contribution is 2.27. The van der Waals surface area contributed by atoms with Crippen molar-refractivity contribution < 1.29 is 4.79 Å². The van der Waals surface area contributed by atoms with E-state index in [9.17, 15) is 4.79 Å². The number of nitrogen functional groups attached to an aromatic ring is 1. The molecule has 0 aliphatic rings. The molecular weight excluding hydrogens is 360 g/mol. The molecule has 5 nitrogen and oxygen atoms in total. The molecule has 2 heterocycles. The number of nitrogens with two attached hydrogens (primary N) is 1. The van der Waals surface area contributed by atoms with Gasteiger partial charge in [0.25, 0.3) is 0 Å². The topological polar surface area (TPSA) is 73.3 Å². The zero-order valence-corrected chi connectivity index (χ0v) is 16.7. The second-order valence-corrected chi connectivity index (χ2v) is 7.68. The monoisotopic (exact) mass is 384 g/mol. The number of fused-ring (bicyclic) bond motifs is 1. The van der Waals surface area contributed by atoms with Crippen LogP contribution in [0.4, 0.5) is 5.82 Å². The molecule has 0 fully saturated rings. The Hall–Kier alpha value is -3.47. The van der Waals surface area contributed by atoms with Crippen molar-refractivity contribution in [3.63, 3.8) is 0 Å². The Bertz CT molecular complexity index is 1160. The van der Waals surface area contributed by atoms with Gasteiger partial charge in [-0.15, -0.1) is 5.10 Å². The Morgan fingerprint density at radius 1 is 1.00 bits per heavy atom. The van der Waals surface area contributed by atoms with Gasteiger partial charge in [0.05, 0.1) is 0 Å². The molecule has 5 heteroatoms. The second-order valence-electron chi connectivity index (χ2n) is 7.68. The molecule has 146 valence electrons. The molecule has 4 aromatic rings. The fourth-order valence-corrected chi connectivity index (χ4v) is 3.59. The number of hydrogen-bond donors (Lipinski definition) is 1. The van der Waals surface area contributed by atoms with Crippen molar-refractivity contribution in [3.8, 4) is 11.1 Å². The third-order valence-corrected chi connectivity index (χ3v) is 5.15. The molecule has 2 N–H and O–H groups in total. The van der Waals surface area contributed by atoms with Gasteiger partial charge in [-0.05, 0) is 34.2 Å². The minimum atomic E-state index is 0.213. The number of anilines is 1. The maximum Gasteiger partial charge on any atom is 0.174 e. The minimum Gasteiger partial charge on any atom is -0.380 e. The third-order valence-electron chi connectivity index (χ3n) is 5.15. The average molecular weight is 384 g/mol. The van der Waals surface area contributed by atoms with E-state index < -0.39 is 0 Å². The molecule has 2 aromatic carbocycles. The van der Waals surface area contributed by atoms with Gasteiger partial charge in [0.1, 0.15) is 11.3 Å². The fourth-order valence-electron chi connectivity index (χ4n) is 3.59. The number of benzene rings is 2. The number of carbonyl (C=O) groups is 1. The van der Waals surface area contributed by atoms with Gasteiger partial charge in [-0.25, -0.2) is 4.52 Å². The molecule has 0 saturated heterocycles. The van der Waals surface area contributed by atoms with E-state index in [-0.39, 0.29) is 5.78 Å². The van der Waals surface area contributed by atoms with Gasteiger partial charge in [-0.1, -0.05) is 73.7 Å². The average Bonchev–Trinajstić information content (AvgIpc) is 3.10. The maximum absolute atomic E-state index is 12.6. The Balaban J connectivity index is 1.49. The minimum absolute atomic E-state index is 0.213. The van der Waals surface area contributed by atoms with Crippen molar-refractivity contribution >= 4 is 17.1 Å². The lowest BCUT2D eigenvalue weighted by molar-refractivity contribution is -0.117. The van der Waals surface area contributed by atoms with Crippen LogP contribution in [-0.2, 0) is 17.6 Å². The lowest BCUT2D eigenvalue weighted by Gasteiger charge is -2.08. The number of ketones is 1. The van der Waals surface area contributed by atoms with Gasteiger partial charge in [0.2, 0.25) is 0 Å². The molecule has 0 aliphatic heterocycles. The predicted octanol–water partition coefficient (Wildman–Crippen LogP) is 4.46. The molecule has 2 aromatic heterocycles. The lowest BCUT2D eigenvalue weighted by atomic mass is 9.96. The smallest absolute Gasteiger partial charge is 0.174 e. The van der Waals surface area contributed by atoms with Gasteiger partial charge in [-0.3, -0.25) is 4.79 Å². The molecule has 29 heavy (non-hydrogen) atoms. The quantitative estimate of drug-likeness (QED) is 0.533. The summed E-state index contributed by atoms with van der Waals surface area (Å²) in [7, 11) is 0. The van der Waals surface area contributed by atoms with E-state index in [1.54, 1.807) is 4.52 Å². The number of rotatable bonds is 6. The van der Waals surface area contributed by atoms with E-state index in [4.69, 9.17) is 5.73 Å². The lowest BCUT2D eigenvalue weighted by Crippen LogP contribution is -2.07. The summed E-state index contributed by atoms with van der Waals surface area (Å²) in [5, 5.41) is 7.96. The maximum atomic E-state index is 12.6. The first kappa shape index (κ1) is 18.9. The van der Waals surface area contributed by atoms with E-state index in [2.05, 4.69) is 36.3 Å². The largest absolute Gasteiger partial charge is 0.380 e. The van der Waals surface area contributed by atoms with Crippen LogP contribution in [0.5, 0.6) is 0 Å². The van der Waals surface area contributed by atoms with E-state index in [0.29, 0.717) is 24.6 Å². The number of hydrogen-bond acceptors (Lipinski definition) is 4. The Morgan fingerprint density at radius 3 is 2.52 bits per heavy atom. The molecule has 0 spiro atoms. The van der Waals surface area contributed by atoms with Crippen molar-refractivity contribution in [3.05, 3.63) is 83.6 Å². The molecule has 0 bridgehead atoms. The molecule has 0 saturated carbocycles. The van der Waals surface area contributed by atoms with Crippen LogP contribution in [0.2, 0.25) is 0 Å². The molecule has 0 unspecified atom stereocenters. The van der Waals surface area contributed by atoms with Crippen molar-refractivity contribution in [1.82, 2.24) is 14.8 Å². The van der Waals surface area contributed by atoms with Crippen LogP contribution in [0.1, 0.15) is 36.5 Å². The highest BCUT2D eigenvalue weighted by molar-refractivity contribution is 5.87. The number of nitrogens with zero attached hydrogens (tertiary/aromatic N) is 3. The first-order valence-electron chi connectivity index (χ1n) is 9.80. The van der Waals surface area contributed by atoms with Crippen LogP contribution in [0.25, 0.3) is 16.6 Å². The highest BCUT2D eigenvalue weighted by atomic mass is 16.1. The summed E-state index contributed by atoms with van der Waals surface area (Å²) >= 11 is 0. The summed E-state index contributed by atoms with van der Waals surface area (Å²) in [6.45, 7) is 4.33. The summed E-state index contributed by atoms with van der Waals surface area (Å²) in [6, 6.07) is 20.3. The summed E-state index contributed by atoms with van der Waals surface area (Å²) in [6.07, 6.45) is 2.70. The molecular formula is C24H24N4O. The number of Topliss-reactive ketones (excluding diaryl/α,β-unsaturated/α-hetero) is 1. The molecule has 0 amide bonds. The van der Waals surface area contributed by atoms with Crippen molar-refractivity contribution in [2.45, 2.75) is 32.6 Å². The van der Waals surface area contributed by atoms with Crippen LogP contribution in [-0.4, -0.2) is 20.6 Å². The highest BCUT2D eigenvalue weighted by Gasteiger charge is 2.11. The SMILES string of the molecule is CC(C)c1cccc(CC(=O)Cc2ccc(-c3cccn4nnc(N)c34)cc2)c1. The van der Waals surface area contributed by atoms with Crippen LogP contribution in [0.15, 0.2) is 66.9 Å². The molecule has 0 atom stereocenters. The predicted molar refractivity (Wildman–Crippen MR) is 116 cm³/mol. The number of carbonyl (C=O) groups excluding carboxylic acids is 1. The molecule has 4 rings (SSSR count). The Morgan fingerprint density at radius 2 is 1.76 bits per heavy atom. The van der Waals surface area contributed by atoms with E-state index >= 15 is 0 Å².